The highest BCUT2D eigenvalue weighted by molar-refractivity contribution is 6.39. The maximum Gasteiger partial charge on any atom is 0.276 e. The molecule has 1 fully saturated rings. The molecule has 1 aromatic carbocycles. The molecular weight excluding hydrogens is 637 g/mol. The third-order valence-corrected chi connectivity index (χ3v) is 8.61. The van der Waals surface area contributed by atoms with Crippen LogP contribution in [0.5, 0.6) is 5.75 Å². The molecule has 5 rings (SSSR count). The van der Waals surface area contributed by atoms with E-state index < -0.39 is 38.6 Å². The molecule has 1 N–H and O–H groups in total. The van der Waals surface area contributed by atoms with Gasteiger partial charge in [-0.25, -0.2) is 13.8 Å². The first kappa shape index (κ1) is 31.4. The van der Waals surface area contributed by atoms with Crippen molar-refractivity contribution in [1.82, 2.24) is 19.4 Å². The summed E-state index contributed by atoms with van der Waals surface area (Å²) in [6.07, 6.45) is 1.60. The van der Waals surface area contributed by atoms with Gasteiger partial charge in [0.2, 0.25) is 5.91 Å². The van der Waals surface area contributed by atoms with Gasteiger partial charge in [0.05, 0.1) is 38.4 Å². The third kappa shape index (κ3) is 5.01. The van der Waals surface area contributed by atoms with Gasteiger partial charge in [0.15, 0.2) is 17.4 Å². The number of aromatic hydroxyl groups is 1. The van der Waals surface area contributed by atoms with E-state index in [-0.39, 0.29) is 44.8 Å². The summed E-state index contributed by atoms with van der Waals surface area (Å²) in [4.78, 5) is 38.9. The summed E-state index contributed by atoms with van der Waals surface area (Å²) in [7, 11) is 0. The van der Waals surface area contributed by atoms with Crippen molar-refractivity contribution in [2.75, 3.05) is 31.1 Å². The van der Waals surface area contributed by atoms with Gasteiger partial charge in [-0.1, -0.05) is 48.7 Å². The minimum Gasteiger partial charge on any atom is -0.504 e. The van der Waals surface area contributed by atoms with Crippen LogP contribution in [0.3, 0.4) is 0 Å². The first-order valence-corrected chi connectivity index (χ1v) is 14.6. The van der Waals surface area contributed by atoms with Crippen LogP contribution in [0.15, 0.2) is 23.1 Å². The highest BCUT2D eigenvalue weighted by Crippen LogP contribution is 2.46. The lowest BCUT2D eigenvalue weighted by Crippen LogP contribution is -2.48. The smallest absolute Gasteiger partial charge is 0.276 e. The summed E-state index contributed by atoms with van der Waals surface area (Å²) in [6, 6.07) is 5.15. The fraction of sp³-hybridized carbons (Fsp3) is 0.300. The molecule has 1 aliphatic rings. The molecule has 44 heavy (non-hydrogen) atoms. The number of benzene rings is 1. The normalized spacial score (nSPS) is 13.6. The molecule has 3 aromatic heterocycles. The van der Waals surface area contributed by atoms with Crippen LogP contribution in [0.4, 0.5) is 14.5 Å². The van der Waals surface area contributed by atoms with Gasteiger partial charge < -0.3 is 14.9 Å². The summed E-state index contributed by atoms with van der Waals surface area (Å²) in [6.45, 7) is 8.30. The Morgan fingerprint density at radius 2 is 1.75 bits per heavy atom. The van der Waals surface area contributed by atoms with Crippen LogP contribution in [0, 0.1) is 29.9 Å². The molecule has 0 unspecified atom stereocenters. The first-order valence-electron chi connectivity index (χ1n) is 13.5. The van der Waals surface area contributed by atoms with E-state index in [0.717, 1.165) is 0 Å². The van der Waals surface area contributed by atoms with E-state index in [0.29, 0.717) is 43.1 Å². The Balaban J connectivity index is 1.95. The van der Waals surface area contributed by atoms with E-state index in [2.05, 4.69) is 9.97 Å². The average molecular weight is 662 g/mol. The Labute approximate surface area is 265 Å². The Morgan fingerprint density at radius 1 is 1.09 bits per heavy atom. The molecule has 9 nitrogen and oxygen atoms in total. The van der Waals surface area contributed by atoms with Crippen molar-refractivity contribution in [2.24, 2.45) is 0 Å². The monoisotopic (exact) mass is 660 g/mol. The number of pyridine rings is 3. The number of anilines is 1. The summed E-state index contributed by atoms with van der Waals surface area (Å²) < 4.78 is 30.8. The molecule has 0 spiro atoms. The lowest BCUT2D eigenvalue weighted by molar-refractivity contribution is -0.129. The zero-order valence-electron chi connectivity index (χ0n) is 24.0. The van der Waals surface area contributed by atoms with Gasteiger partial charge in [0.25, 0.3) is 5.56 Å². The molecule has 0 bridgehead atoms. The summed E-state index contributed by atoms with van der Waals surface area (Å²) >= 11 is 18.6. The van der Waals surface area contributed by atoms with Crippen molar-refractivity contribution in [1.29, 1.82) is 5.26 Å². The molecular formula is C30H25Cl3F2N6O3. The number of carbonyl (C=O) groups is 1. The molecule has 14 heteroatoms. The molecule has 0 saturated carbocycles. The Morgan fingerprint density at radius 3 is 2.34 bits per heavy atom. The van der Waals surface area contributed by atoms with Crippen molar-refractivity contribution >= 4 is 57.4 Å². The van der Waals surface area contributed by atoms with Gasteiger partial charge in [0, 0.05) is 44.7 Å². The van der Waals surface area contributed by atoms with Gasteiger partial charge >= 0.3 is 0 Å². The number of amides is 1. The highest BCUT2D eigenvalue weighted by Gasteiger charge is 2.31. The number of phenolic OH excluding ortho intramolecular Hbond substituents is 1. The quantitative estimate of drug-likeness (QED) is 0.200. The predicted molar refractivity (Wildman–Crippen MR) is 165 cm³/mol. The number of piperazine rings is 1. The van der Waals surface area contributed by atoms with Crippen LogP contribution < -0.4 is 10.5 Å². The third-order valence-electron chi connectivity index (χ3n) is 7.63. The van der Waals surface area contributed by atoms with E-state index >= 15 is 0 Å². The summed E-state index contributed by atoms with van der Waals surface area (Å²) in [5.74, 6) is -4.15. The second-order valence-corrected chi connectivity index (χ2v) is 11.8. The second-order valence-electron chi connectivity index (χ2n) is 10.7. The van der Waals surface area contributed by atoms with Crippen LogP contribution in [-0.4, -0.2) is 56.6 Å². The number of phenols is 1. The van der Waals surface area contributed by atoms with Crippen LogP contribution in [0.25, 0.3) is 28.0 Å². The molecule has 1 amide bonds. The van der Waals surface area contributed by atoms with E-state index in [1.54, 1.807) is 29.0 Å². The van der Waals surface area contributed by atoms with Gasteiger partial charge in [0.1, 0.15) is 22.3 Å². The number of carbonyl (C=O) groups excluding carboxylic acids is 1. The number of hydrogen-bond donors (Lipinski definition) is 1. The fourth-order valence-electron chi connectivity index (χ4n) is 5.45. The molecule has 0 aliphatic carbocycles. The minimum absolute atomic E-state index is 0.0263. The molecule has 0 radical (unpaired) electrons. The number of rotatable bonds is 4. The predicted octanol–water partition coefficient (Wildman–Crippen LogP) is 6.36. The standard InChI is InChI=1S/C30H25Cl3F2N6O3/c1-13(2)24-26(14(3)5-6-37-24)41-29-16(27(17(12-36)30(41)44)40-9-7-39(8-10-40)15(4)42)11-18(31)25(38-29)19-20(32)22(34)21(33)23(35)28(19)43/h5-6,11,13,43H,7-10H2,1-4H3. The lowest BCUT2D eigenvalue weighted by atomic mass is 10.0. The van der Waals surface area contributed by atoms with Crippen molar-refractivity contribution < 1.29 is 18.7 Å². The van der Waals surface area contributed by atoms with Crippen molar-refractivity contribution in [3.8, 4) is 28.8 Å². The van der Waals surface area contributed by atoms with Gasteiger partial charge in [-0.15, -0.1) is 0 Å². The van der Waals surface area contributed by atoms with E-state index in [9.17, 15) is 28.7 Å². The molecule has 4 heterocycles. The number of hydrogen-bond acceptors (Lipinski definition) is 7. The number of aryl methyl sites for hydroxylation is 1. The number of aromatic nitrogens is 3. The second kappa shape index (κ2) is 11.8. The van der Waals surface area contributed by atoms with Crippen LogP contribution in [0.2, 0.25) is 15.1 Å². The number of halogens is 5. The van der Waals surface area contributed by atoms with Gasteiger partial charge in [-0.3, -0.25) is 19.1 Å². The SMILES string of the molecule is CC(=O)N1CCN(c2c(C#N)c(=O)n(-c3c(C)ccnc3C(C)C)c3nc(-c4c(O)c(F)c(Cl)c(F)c4Cl)c(Cl)cc23)CC1. The number of nitriles is 1. The minimum atomic E-state index is -1.46. The maximum atomic E-state index is 14.8. The Kier molecular flexibility index (Phi) is 8.46. The van der Waals surface area contributed by atoms with Gasteiger partial charge in [-0.05, 0) is 30.5 Å². The molecule has 0 atom stereocenters. The van der Waals surface area contributed by atoms with Gasteiger partial charge in [-0.2, -0.15) is 5.26 Å². The van der Waals surface area contributed by atoms with Crippen LogP contribution in [-0.2, 0) is 4.79 Å². The first-order chi connectivity index (χ1) is 20.8. The van der Waals surface area contributed by atoms with Crippen LogP contribution >= 0.6 is 34.8 Å². The van der Waals surface area contributed by atoms with Crippen molar-refractivity contribution in [3.05, 3.63) is 72.2 Å². The number of nitrogens with zero attached hydrogens (tertiary/aromatic N) is 6. The molecule has 1 saturated heterocycles. The lowest BCUT2D eigenvalue weighted by Gasteiger charge is -2.36. The van der Waals surface area contributed by atoms with E-state index in [4.69, 9.17) is 34.8 Å². The van der Waals surface area contributed by atoms with Crippen molar-refractivity contribution in [2.45, 2.75) is 33.6 Å². The van der Waals surface area contributed by atoms with E-state index in [1.807, 2.05) is 19.9 Å². The molecule has 4 aromatic rings. The Bertz CT molecular complexity index is 1940. The average Bonchev–Trinajstić information content (AvgIpc) is 2.99. The summed E-state index contributed by atoms with van der Waals surface area (Å²) in [5.41, 5.74) is -0.0470. The topological polar surface area (TPSA) is 115 Å². The largest absolute Gasteiger partial charge is 0.504 e. The van der Waals surface area contributed by atoms with Crippen molar-refractivity contribution in [3.63, 3.8) is 0 Å². The summed E-state index contributed by atoms with van der Waals surface area (Å²) in [5, 5.41) is 19.4. The Hall–Kier alpha value is -3.98. The van der Waals surface area contributed by atoms with Crippen LogP contribution in [0.1, 0.15) is 43.5 Å². The zero-order valence-corrected chi connectivity index (χ0v) is 26.2. The molecule has 228 valence electrons. The highest BCUT2D eigenvalue weighted by atomic mass is 35.5. The van der Waals surface area contributed by atoms with E-state index in [1.165, 1.54) is 17.6 Å². The molecule has 1 aliphatic heterocycles. The number of fused-ring (bicyclic) bond motifs is 1. The fourth-order valence-corrected chi connectivity index (χ4v) is 6.20. The zero-order chi connectivity index (χ0) is 32.2. The maximum absolute atomic E-state index is 14.8.